The number of aryl methyl sites for hydroxylation is 1. The predicted molar refractivity (Wildman–Crippen MR) is 107 cm³/mol. The minimum atomic E-state index is -0.345. The third kappa shape index (κ3) is 4.26. The highest BCUT2D eigenvalue weighted by Crippen LogP contribution is 2.58. The Hall–Kier alpha value is -1.47. The summed E-state index contributed by atoms with van der Waals surface area (Å²) >= 11 is 1.72. The van der Waals surface area contributed by atoms with Crippen LogP contribution in [0.2, 0.25) is 5.31 Å². The van der Waals surface area contributed by atoms with Gasteiger partial charge in [-0.25, -0.2) is 0 Å². The van der Waals surface area contributed by atoms with Crippen LogP contribution in [-0.2, 0) is 19.0 Å². The fraction of sp³-hybridized carbons (Fsp3) is 0.579. The second-order valence-electron chi connectivity index (χ2n) is 7.76. The number of benzene rings is 1. The SMILES string of the molecule is CC(=O)OCCN(C(C)=O)c1ccc(SB2OC(C)(C)C2(C)C)c(C)c1. The summed E-state index contributed by atoms with van der Waals surface area (Å²) in [6.45, 7) is 14.1. The number of anilines is 1. The van der Waals surface area contributed by atoms with E-state index in [1.165, 1.54) is 13.8 Å². The topological polar surface area (TPSA) is 55.8 Å². The number of rotatable bonds is 6. The molecule has 1 amide bonds. The Morgan fingerprint density at radius 2 is 1.88 bits per heavy atom. The Morgan fingerprint density at radius 1 is 1.23 bits per heavy atom. The first-order valence-electron chi connectivity index (χ1n) is 8.82. The van der Waals surface area contributed by atoms with Gasteiger partial charge in [-0.1, -0.05) is 13.8 Å². The number of carbonyl (C=O) groups excluding carboxylic acids is 2. The van der Waals surface area contributed by atoms with Gasteiger partial charge in [-0.3, -0.25) is 9.59 Å². The molecule has 0 radical (unpaired) electrons. The van der Waals surface area contributed by atoms with Gasteiger partial charge < -0.3 is 14.3 Å². The highest BCUT2D eigenvalue weighted by Gasteiger charge is 2.59. The number of hydrogen-bond acceptors (Lipinski definition) is 5. The van der Waals surface area contributed by atoms with Crippen LogP contribution >= 0.6 is 11.6 Å². The molecule has 0 saturated carbocycles. The van der Waals surface area contributed by atoms with E-state index in [4.69, 9.17) is 9.39 Å². The fourth-order valence-corrected chi connectivity index (χ4v) is 4.25. The van der Waals surface area contributed by atoms with Gasteiger partial charge >= 0.3 is 12.2 Å². The molecule has 1 heterocycles. The molecule has 1 aromatic carbocycles. The minimum absolute atomic E-state index is 0.0813. The molecule has 26 heavy (non-hydrogen) atoms. The lowest BCUT2D eigenvalue weighted by molar-refractivity contribution is -0.140. The molecular weight excluding hydrogens is 349 g/mol. The summed E-state index contributed by atoms with van der Waals surface area (Å²) in [6, 6.07) is 5.96. The van der Waals surface area contributed by atoms with Gasteiger partial charge in [0.05, 0.1) is 6.54 Å². The van der Waals surface area contributed by atoms with E-state index >= 15 is 0 Å². The largest absolute Gasteiger partial charge is 0.464 e. The van der Waals surface area contributed by atoms with E-state index in [-0.39, 0.29) is 35.6 Å². The van der Waals surface area contributed by atoms with E-state index in [2.05, 4.69) is 27.7 Å². The molecule has 1 aliphatic rings. The molecule has 2 rings (SSSR count). The van der Waals surface area contributed by atoms with Crippen molar-refractivity contribution in [1.82, 2.24) is 0 Å². The Morgan fingerprint density at radius 3 is 2.35 bits per heavy atom. The third-order valence-corrected chi connectivity index (χ3v) is 6.86. The monoisotopic (exact) mass is 377 g/mol. The number of hydrogen-bond donors (Lipinski definition) is 0. The lowest BCUT2D eigenvalue weighted by atomic mass is 9.49. The number of nitrogens with zero attached hydrogens (tertiary/aromatic N) is 1. The summed E-state index contributed by atoms with van der Waals surface area (Å²) in [7, 11) is 0. The predicted octanol–water partition coefficient (Wildman–Crippen LogP) is 4.08. The molecule has 0 aromatic heterocycles. The normalized spacial score (nSPS) is 17.4. The lowest BCUT2D eigenvalue weighted by Crippen LogP contribution is -2.59. The Labute approximate surface area is 160 Å². The zero-order valence-corrected chi connectivity index (χ0v) is 17.5. The minimum Gasteiger partial charge on any atom is -0.464 e. The summed E-state index contributed by atoms with van der Waals surface area (Å²) in [5, 5.41) is 0.0816. The average molecular weight is 377 g/mol. The van der Waals surface area contributed by atoms with Gasteiger partial charge in [-0.2, -0.15) is 0 Å². The first-order chi connectivity index (χ1) is 12.0. The zero-order chi connectivity index (χ0) is 19.7. The molecule has 0 unspecified atom stereocenters. The highest BCUT2D eigenvalue weighted by atomic mass is 32.2. The van der Waals surface area contributed by atoms with E-state index in [0.29, 0.717) is 6.54 Å². The lowest BCUT2D eigenvalue weighted by Gasteiger charge is -2.56. The molecule has 5 nitrogen and oxygen atoms in total. The molecule has 1 aromatic rings. The van der Waals surface area contributed by atoms with Crippen LogP contribution in [0.3, 0.4) is 0 Å². The molecule has 1 aliphatic heterocycles. The van der Waals surface area contributed by atoms with Crippen LogP contribution in [-0.4, -0.2) is 36.8 Å². The van der Waals surface area contributed by atoms with Crippen molar-refractivity contribution in [2.75, 3.05) is 18.1 Å². The van der Waals surface area contributed by atoms with Crippen LogP contribution in [0.5, 0.6) is 0 Å². The van der Waals surface area contributed by atoms with Crippen molar-refractivity contribution in [3.05, 3.63) is 23.8 Å². The molecule has 1 saturated heterocycles. The van der Waals surface area contributed by atoms with E-state index in [1.807, 2.05) is 25.1 Å². The number of esters is 1. The van der Waals surface area contributed by atoms with Gasteiger partial charge in [-0.15, -0.1) is 11.6 Å². The quantitative estimate of drug-likeness (QED) is 0.552. The molecule has 0 atom stereocenters. The second-order valence-corrected chi connectivity index (χ2v) is 8.86. The van der Waals surface area contributed by atoms with Crippen molar-refractivity contribution in [3.63, 3.8) is 0 Å². The van der Waals surface area contributed by atoms with Crippen molar-refractivity contribution >= 4 is 35.4 Å². The van der Waals surface area contributed by atoms with E-state index < -0.39 is 0 Å². The summed E-state index contributed by atoms with van der Waals surface area (Å²) < 4.78 is 11.0. The number of ether oxygens (including phenoxy) is 1. The maximum Gasteiger partial charge on any atom is 0.375 e. The van der Waals surface area contributed by atoms with E-state index in [9.17, 15) is 9.59 Å². The van der Waals surface area contributed by atoms with Crippen molar-refractivity contribution in [1.29, 1.82) is 0 Å². The van der Waals surface area contributed by atoms with Crippen LogP contribution < -0.4 is 4.90 Å². The van der Waals surface area contributed by atoms with Crippen LogP contribution in [0.15, 0.2) is 23.1 Å². The smallest absolute Gasteiger partial charge is 0.375 e. The Kier molecular flexibility index (Phi) is 6.13. The standard InChI is InChI=1S/C19H28BNO4S/c1-13-12-16(21(14(2)22)10-11-24-15(3)23)8-9-17(13)26-20-18(4,5)19(6,7)25-20/h8-9,12H,10-11H2,1-7H3. The van der Waals surface area contributed by atoms with Crippen LogP contribution in [0.4, 0.5) is 5.69 Å². The van der Waals surface area contributed by atoms with Crippen molar-refractivity contribution in [2.45, 2.75) is 64.3 Å². The van der Waals surface area contributed by atoms with Gasteiger partial charge in [-0.05, 0) is 44.5 Å². The van der Waals surface area contributed by atoms with Crippen molar-refractivity contribution in [2.24, 2.45) is 0 Å². The summed E-state index contributed by atoms with van der Waals surface area (Å²) in [5.41, 5.74) is 1.77. The second kappa shape index (κ2) is 7.65. The first-order valence-corrected chi connectivity index (χ1v) is 9.70. The Balaban J connectivity index is 2.10. The van der Waals surface area contributed by atoms with Crippen molar-refractivity contribution in [3.8, 4) is 0 Å². The van der Waals surface area contributed by atoms with Gasteiger partial charge in [0.15, 0.2) is 0 Å². The zero-order valence-electron chi connectivity index (χ0n) is 16.7. The molecule has 7 heteroatoms. The van der Waals surface area contributed by atoms with Gasteiger partial charge in [0.25, 0.3) is 0 Å². The van der Waals surface area contributed by atoms with E-state index in [0.717, 1.165) is 16.1 Å². The maximum absolute atomic E-state index is 12.0. The number of carbonyl (C=O) groups is 2. The maximum atomic E-state index is 12.0. The summed E-state index contributed by atoms with van der Waals surface area (Å²) in [4.78, 5) is 25.7. The van der Waals surface area contributed by atoms with E-state index in [1.54, 1.807) is 16.5 Å². The average Bonchev–Trinajstić information content (AvgIpc) is 2.52. The summed E-state index contributed by atoms with van der Waals surface area (Å²) in [6.07, 6.45) is 0.106. The third-order valence-electron chi connectivity index (χ3n) is 5.25. The van der Waals surface area contributed by atoms with Crippen LogP contribution in [0, 0.1) is 6.92 Å². The molecular formula is C19H28BNO4S. The number of amides is 1. The molecule has 0 N–H and O–H groups in total. The van der Waals surface area contributed by atoms with Gasteiger partial charge in [0.1, 0.15) is 6.61 Å². The molecule has 0 spiro atoms. The van der Waals surface area contributed by atoms with Crippen molar-refractivity contribution < 1.29 is 19.0 Å². The molecule has 1 fully saturated rings. The molecule has 0 bridgehead atoms. The van der Waals surface area contributed by atoms with Gasteiger partial charge in [0, 0.05) is 35.3 Å². The highest BCUT2D eigenvalue weighted by molar-refractivity contribution is 8.25. The molecule has 0 aliphatic carbocycles. The summed E-state index contributed by atoms with van der Waals surface area (Å²) in [5.74, 6) is -0.426. The first kappa shape index (κ1) is 20.8. The fourth-order valence-electron chi connectivity index (χ4n) is 2.76. The Bertz CT molecular complexity index is 705. The van der Waals surface area contributed by atoms with Crippen LogP contribution in [0.25, 0.3) is 0 Å². The van der Waals surface area contributed by atoms with Crippen LogP contribution in [0.1, 0.15) is 47.1 Å². The molecule has 142 valence electrons. The van der Waals surface area contributed by atoms with Gasteiger partial charge in [0.2, 0.25) is 5.91 Å².